The van der Waals surface area contributed by atoms with E-state index in [0.717, 1.165) is 50.6 Å². The number of rotatable bonds is 13. The molecule has 0 rings (SSSR count). The molecule has 2 amide bonds. The molecule has 0 saturated carbocycles. The maximum absolute atomic E-state index is 11.6. The van der Waals surface area contributed by atoms with Gasteiger partial charge in [0.2, 0.25) is 11.8 Å². The minimum atomic E-state index is -0.0143. The molecular weight excluding hydrogens is 276 g/mol. The van der Waals surface area contributed by atoms with E-state index in [-0.39, 0.29) is 11.8 Å². The molecule has 0 radical (unpaired) electrons. The van der Waals surface area contributed by atoms with Crippen LogP contribution >= 0.6 is 0 Å². The van der Waals surface area contributed by atoms with Crippen LogP contribution in [0.5, 0.6) is 0 Å². The number of nitrogens with one attached hydrogen (secondary N) is 2. The zero-order valence-electron chi connectivity index (χ0n) is 15.0. The Kier molecular flexibility index (Phi) is 12.9. The van der Waals surface area contributed by atoms with E-state index in [9.17, 15) is 9.59 Å². The van der Waals surface area contributed by atoms with Crippen LogP contribution in [0.3, 0.4) is 0 Å². The molecule has 0 unspecified atom stereocenters. The third-order valence-corrected chi connectivity index (χ3v) is 3.64. The van der Waals surface area contributed by atoms with Gasteiger partial charge in [0.1, 0.15) is 0 Å². The topological polar surface area (TPSA) is 58.2 Å². The molecule has 4 nitrogen and oxygen atoms in total. The van der Waals surface area contributed by atoms with Crippen molar-refractivity contribution in [3.63, 3.8) is 0 Å². The van der Waals surface area contributed by atoms with Crippen LogP contribution in [0.4, 0.5) is 0 Å². The van der Waals surface area contributed by atoms with Crippen molar-refractivity contribution in [2.75, 3.05) is 13.1 Å². The molecule has 22 heavy (non-hydrogen) atoms. The molecule has 0 heterocycles. The fourth-order valence-electron chi connectivity index (χ4n) is 2.21. The van der Waals surface area contributed by atoms with Crippen molar-refractivity contribution in [2.24, 2.45) is 11.8 Å². The second-order valence-electron chi connectivity index (χ2n) is 6.98. The Morgan fingerprint density at radius 2 is 1.05 bits per heavy atom. The standard InChI is InChI=1S/C18H36N2O2/c1-15(2)9-5-7-13-19-17(21)11-12-18(22)20-14-8-6-10-16(3)4/h15-16H,5-14H2,1-4H3,(H,19,21)(H,20,22). The van der Waals surface area contributed by atoms with Crippen LogP contribution in [0.25, 0.3) is 0 Å². The minimum Gasteiger partial charge on any atom is -0.356 e. The highest BCUT2D eigenvalue weighted by Crippen LogP contribution is 2.06. The van der Waals surface area contributed by atoms with Gasteiger partial charge in [-0.05, 0) is 24.7 Å². The Balaban J connectivity index is 3.43. The summed E-state index contributed by atoms with van der Waals surface area (Å²) in [6.45, 7) is 10.3. The van der Waals surface area contributed by atoms with Gasteiger partial charge < -0.3 is 10.6 Å². The molecule has 130 valence electrons. The fraction of sp³-hybridized carbons (Fsp3) is 0.889. The molecule has 0 aliphatic rings. The Hall–Kier alpha value is -1.06. The lowest BCUT2D eigenvalue weighted by Crippen LogP contribution is -2.28. The average molecular weight is 312 g/mol. The summed E-state index contributed by atoms with van der Waals surface area (Å²) in [5, 5.41) is 5.76. The number of carbonyl (C=O) groups is 2. The molecule has 4 heteroatoms. The second-order valence-corrected chi connectivity index (χ2v) is 6.98. The maximum atomic E-state index is 11.6. The number of hydrogen-bond acceptors (Lipinski definition) is 2. The molecule has 0 fully saturated rings. The van der Waals surface area contributed by atoms with Crippen molar-refractivity contribution >= 4 is 11.8 Å². The maximum Gasteiger partial charge on any atom is 0.220 e. The predicted molar refractivity (Wildman–Crippen MR) is 92.6 cm³/mol. The highest BCUT2D eigenvalue weighted by molar-refractivity contribution is 5.83. The van der Waals surface area contributed by atoms with E-state index in [1.54, 1.807) is 0 Å². The Morgan fingerprint density at radius 3 is 1.36 bits per heavy atom. The zero-order valence-corrected chi connectivity index (χ0v) is 15.0. The SMILES string of the molecule is CC(C)CCCCNC(=O)CCC(=O)NCCCCC(C)C. The van der Waals surface area contributed by atoms with E-state index in [1.165, 1.54) is 12.8 Å². The highest BCUT2D eigenvalue weighted by atomic mass is 16.2. The summed E-state index contributed by atoms with van der Waals surface area (Å²) in [5.74, 6) is 1.42. The van der Waals surface area contributed by atoms with E-state index in [0.29, 0.717) is 12.8 Å². The lowest BCUT2D eigenvalue weighted by atomic mass is 10.1. The third kappa shape index (κ3) is 15.3. The van der Waals surface area contributed by atoms with Crippen molar-refractivity contribution in [3.8, 4) is 0 Å². The molecule has 0 spiro atoms. The fourth-order valence-corrected chi connectivity index (χ4v) is 2.21. The van der Waals surface area contributed by atoms with Gasteiger partial charge in [0.05, 0.1) is 0 Å². The number of carbonyl (C=O) groups excluding carboxylic acids is 2. The summed E-state index contributed by atoms with van der Waals surface area (Å²) in [4.78, 5) is 23.2. The zero-order chi connectivity index (χ0) is 16.8. The van der Waals surface area contributed by atoms with Gasteiger partial charge in [0.25, 0.3) is 0 Å². The summed E-state index contributed by atoms with van der Waals surface area (Å²) in [5.41, 5.74) is 0. The molecule has 0 aromatic rings. The number of amides is 2. The normalized spacial score (nSPS) is 11.0. The number of hydrogen-bond donors (Lipinski definition) is 2. The lowest BCUT2D eigenvalue weighted by molar-refractivity contribution is -0.126. The first kappa shape index (κ1) is 20.9. The van der Waals surface area contributed by atoms with Crippen molar-refractivity contribution < 1.29 is 9.59 Å². The summed E-state index contributed by atoms with van der Waals surface area (Å²) < 4.78 is 0. The molecule has 0 aliphatic carbocycles. The second kappa shape index (κ2) is 13.6. The van der Waals surface area contributed by atoms with E-state index < -0.39 is 0 Å². The molecule has 0 aromatic heterocycles. The monoisotopic (exact) mass is 312 g/mol. The van der Waals surface area contributed by atoms with E-state index in [2.05, 4.69) is 38.3 Å². The van der Waals surface area contributed by atoms with Gasteiger partial charge in [-0.25, -0.2) is 0 Å². The van der Waals surface area contributed by atoms with Crippen LogP contribution in [0.15, 0.2) is 0 Å². The van der Waals surface area contributed by atoms with Crippen LogP contribution in [0.2, 0.25) is 0 Å². The van der Waals surface area contributed by atoms with Crippen LogP contribution in [0, 0.1) is 11.8 Å². The Bertz CT molecular complexity index is 271. The van der Waals surface area contributed by atoms with Crippen molar-refractivity contribution in [2.45, 2.75) is 79.1 Å². The van der Waals surface area contributed by atoms with Crippen molar-refractivity contribution in [1.82, 2.24) is 10.6 Å². The van der Waals surface area contributed by atoms with Gasteiger partial charge in [-0.2, -0.15) is 0 Å². The van der Waals surface area contributed by atoms with Gasteiger partial charge in [0, 0.05) is 25.9 Å². The summed E-state index contributed by atoms with van der Waals surface area (Å²) in [6, 6.07) is 0. The molecule has 0 bridgehead atoms. The summed E-state index contributed by atoms with van der Waals surface area (Å²) in [6.07, 6.45) is 7.33. The van der Waals surface area contributed by atoms with Crippen LogP contribution < -0.4 is 10.6 Å². The van der Waals surface area contributed by atoms with Gasteiger partial charge in [-0.15, -0.1) is 0 Å². The predicted octanol–water partition coefficient (Wildman–Crippen LogP) is 3.65. The molecule has 0 saturated heterocycles. The van der Waals surface area contributed by atoms with Gasteiger partial charge in [-0.1, -0.05) is 53.4 Å². The first-order valence-electron chi connectivity index (χ1n) is 8.95. The lowest BCUT2D eigenvalue weighted by Gasteiger charge is -2.08. The molecule has 0 aliphatic heterocycles. The quantitative estimate of drug-likeness (QED) is 0.510. The van der Waals surface area contributed by atoms with E-state index in [1.807, 2.05) is 0 Å². The molecule has 0 aromatic carbocycles. The van der Waals surface area contributed by atoms with Crippen LogP contribution in [0.1, 0.15) is 79.1 Å². The van der Waals surface area contributed by atoms with Gasteiger partial charge >= 0.3 is 0 Å². The third-order valence-electron chi connectivity index (χ3n) is 3.64. The van der Waals surface area contributed by atoms with Crippen LogP contribution in [-0.2, 0) is 9.59 Å². The summed E-state index contributed by atoms with van der Waals surface area (Å²) in [7, 11) is 0. The van der Waals surface area contributed by atoms with Gasteiger partial charge in [0.15, 0.2) is 0 Å². The Morgan fingerprint density at radius 1 is 0.682 bits per heavy atom. The van der Waals surface area contributed by atoms with E-state index in [4.69, 9.17) is 0 Å². The van der Waals surface area contributed by atoms with E-state index >= 15 is 0 Å². The molecule has 0 atom stereocenters. The number of unbranched alkanes of at least 4 members (excludes halogenated alkanes) is 2. The van der Waals surface area contributed by atoms with Crippen LogP contribution in [-0.4, -0.2) is 24.9 Å². The smallest absolute Gasteiger partial charge is 0.220 e. The largest absolute Gasteiger partial charge is 0.356 e. The van der Waals surface area contributed by atoms with Gasteiger partial charge in [-0.3, -0.25) is 9.59 Å². The van der Waals surface area contributed by atoms with Crippen molar-refractivity contribution in [3.05, 3.63) is 0 Å². The minimum absolute atomic E-state index is 0.0143. The van der Waals surface area contributed by atoms with Crippen molar-refractivity contribution in [1.29, 1.82) is 0 Å². The average Bonchev–Trinajstić information content (AvgIpc) is 2.43. The first-order valence-corrected chi connectivity index (χ1v) is 8.95. The molecular formula is C18H36N2O2. The first-order chi connectivity index (χ1) is 10.4. The highest BCUT2D eigenvalue weighted by Gasteiger charge is 2.06. The molecule has 2 N–H and O–H groups in total. The Labute approximate surface area is 136 Å². The summed E-state index contributed by atoms with van der Waals surface area (Å²) >= 11 is 0.